The Labute approximate surface area is 113 Å². The smallest absolute Gasteiger partial charge is 0.285 e. The van der Waals surface area contributed by atoms with Gasteiger partial charge in [-0.3, -0.25) is 0 Å². The van der Waals surface area contributed by atoms with E-state index < -0.39 is 0 Å². The number of hydrogen-bond acceptors (Lipinski definition) is 3. The Balaban J connectivity index is 1.65. The second kappa shape index (κ2) is 4.04. The third kappa shape index (κ3) is 1.62. The Kier molecular flexibility index (Phi) is 2.42. The minimum Gasteiger partial charge on any atom is -0.311 e. The molecule has 1 aromatic carbocycles. The summed E-state index contributed by atoms with van der Waals surface area (Å²) in [4.78, 5) is 14.8. The van der Waals surface area contributed by atoms with Gasteiger partial charge in [0, 0.05) is 36.0 Å². The molecule has 4 rings (SSSR count). The van der Waals surface area contributed by atoms with Crippen LogP contribution in [0, 0.1) is 10.8 Å². The molecule has 2 saturated heterocycles. The molecule has 0 radical (unpaired) electrons. The summed E-state index contributed by atoms with van der Waals surface area (Å²) in [7, 11) is 2.06. The van der Waals surface area contributed by atoms with E-state index in [2.05, 4.69) is 23.3 Å². The van der Waals surface area contributed by atoms with Crippen LogP contribution in [0.2, 0.25) is 0 Å². The van der Waals surface area contributed by atoms with E-state index in [-0.39, 0.29) is 6.17 Å². The van der Waals surface area contributed by atoms with Gasteiger partial charge in [-0.15, -0.1) is 0 Å². The first kappa shape index (κ1) is 11.4. The van der Waals surface area contributed by atoms with Gasteiger partial charge < -0.3 is 10.2 Å². The number of benzene rings is 1. The summed E-state index contributed by atoms with van der Waals surface area (Å²) in [5.41, 5.74) is 1.91. The first-order valence-electron chi connectivity index (χ1n) is 7.28. The van der Waals surface area contributed by atoms with Crippen LogP contribution in [0.5, 0.6) is 0 Å². The maximum absolute atomic E-state index is 12.6. The average molecular weight is 258 g/mol. The Morgan fingerprint density at radius 2 is 1.89 bits per heavy atom. The lowest BCUT2D eigenvalue weighted by Crippen LogP contribution is -2.48. The molecule has 3 aliphatic heterocycles. The minimum atomic E-state index is -0.0115. The molecule has 0 aromatic heterocycles. The molecular formula is C15H20N3O+. The molecule has 1 N–H and O–H groups in total. The second-order valence-electron chi connectivity index (χ2n) is 6.21. The van der Waals surface area contributed by atoms with Crippen LogP contribution in [0.15, 0.2) is 24.3 Å². The van der Waals surface area contributed by atoms with E-state index in [0.29, 0.717) is 18.0 Å². The molecule has 0 spiro atoms. The van der Waals surface area contributed by atoms with Crippen molar-refractivity contribution in [2.45, 2.75) is 43.9 Å². The molecule has 0 saturated carbocycles. The number of rotatable bonds is 1. The first-order chi connectivity index (χ1) is 9.24. The monoisotopic (exact) mass is 258 g/mol. The molecule has 0 aliphatic carbocycles. The number of anilines is 1. The standard InChI is InChI=1S/C15H20N3O/c1-17-13-4-2-3-5-14(13)18(19)15(17)10-8-11-6-7-12(9-10)16-11/h2-5,10-12,15-16H,6-9H2,1H3/q+1. The van der Waals surface area contributed by atoms with Crippen molar-refractivity contribution in [3.05, 3.63) is 29.2 Å². The van der Waals surface area contributed by atoms with Crippen LogP contribution >= 0.6 is 0 Å². The van der Waals surface area contributed by atoms with Gasteiger partial charge in [-0.1, -0.05) is 12.1 Å². The Bertz CT molecular complexity index is 518. The van der Waals surface area contributed by atoms with E-state index >= 15 is 0 Å². The maximum Gasteiger partial charge on any atom is 0.285 e. The molecule has 4 heteroatoms. The van der Waals surface area contributed by atoms with E-state index in [1.54, 1.807) is 0 Å². The summed E-state index contributed by atoms with van der Waals surface area (Å²) in [6.07, 6.45) is 4.83. The predicted octanol–water partition coefficient (Wildman–Crippen LogP) is 2.40. The van der Waals surface area contributed by atoms with Crippen LogP contribution in [0.4, 0.5) is 11.4 Å². The number of fused-ring (bicyclic) bond motifs is 3. The Hall–Kier alpha value is -1.42. The van der Waals surface area contributed by atoms with Gasteiger partial charge in [0.2, 0.25) is 0 Å². The van der Waals surface area contributed by atoms with Crippen molar-refractivity contribution in [2.75, 3.05) is 11.9 Å². The molecular weight excluding hydrogens is 238 g/mol. The molecule has 1 aromatic rings. The predicted molar refractivity (Wildman–Crippen MR) is 74.6 cm³/mol. The second-order valence-corrected chi connectivity index (χ2v) is 6.21. The van der Waals surface area contributed by atoms with Crippen molar-refractivity contribution in [2.24, 2.45) is 5.92 Å². The highest BCUT2D eigenvalue weighted by atomic mass is 16.3. The quantitative estimate of drug-likeness (QED) is 0.786. The minimum absolute atomic E-state index is 0.0115. The van der Waals surface area contributed by atoms with E-state index in [1.165, 1.54) is 17.6 Å². The molecule has 19 heavy (non-hydrogen) atoms. The fraction of sp³-hybridized carbons (Fsp3) is 0.600. The normalized spacial score (nSPS) is 36.7. The first-order valence-corrected chi connectivity index (χ1v) is 7.28. The average Bonchev–Trinajstić information content (AvgIpc) is 2.89. The number of hydrogen-bond donors (Lipinski definition) is 1. The van der Waals surface area contributed by atoms with Gasteiger partial charge in [0.1, 0.15) is 5.69 Å². The van der Waals surface area contributed by atoms with E-state index in [1.807, 2.05) is 18.2 Å². The van der Waals surface area contributed by atoms with Crippen molar-refractivity contribution >= 4 is 11.4 Å². The van der Waals surface area contributed by atoms with Crippen molar-refractivity contribution in [3.63, 3.8) is 0 Å². The van der Waals surface area contributed by atoms with Gasteiger partial charge in [-0.05, 0) is 31.7 Å². The Morgan fingerprint density at radius 1 is 1.21 bits per heavy atom. The van der Waals surface area contributed by atoms with Crippen LogP contribution in [0.25, 0.3) is 0 Å². The summed E-state index contributed by atoms with van der Waals surface area (Å²) in [5.74, 6) is 0.480. The number of nitroso groups, excluding NO2 is 1. The van der Waals surface area contributed by atoms with E-state index in [0.717, 1.165) is 24.2 Å². The lowest BCUT2D eigenvalue weighted by Gasteiger charge is -2.31. The molecule has 4 nitrogen and oxygen atoms in total. The van der Waals surface area contributed by atoms with Gasteiger partial charge in [0.15, 0.2) is 0 Å². The highest BCUT2D eigenvalue weighted by molar-refractivity contribution is 5.65. The zero-order chi connectivity index (χ0) is 13.0. The third-order valence-corrected chi connectivity index (χ3v) is 5.07. The van der Waals surface area contributed by atoms with Crippen molar-refractivity contribution in [1.29, 1.82) is 0 Å². The number of nitrogens with one attached hydrogen (secondary N) is 1. The zero-order valence-corrected chi connectivity index (χ0v) is 11.2. The number of nitrogens with zero attached hydrogens (tertiary/aromatic N) is 2. The summed E-state index contributed by atoms with van der Waals surface area (Å²) >= 11 is 0. The molecule has 2 fully saturated rings. The SMILES string of the molecule is CN1c2ccccc2[N+](=O)C1C1CC2CCC(C1)N2. The van der Waals surface area contributed by atoms with Crippen LogP contribution in [-0.4, -0.2) is 30.1 Å². The number of para-hydroxylation sites is 2. The van der Waals surface area contributed by atoms with Gasteiger partial charge in [0.05, 0.1) is 4.76 Å². The fourth-order valence-electron chi connectivity index (χ4n) is 4.24. The van der Waals surface area contributed by atoms with Crippen molar-refractivity contribution in [1.82, 2.24) is 5.32 Å². The van der Waals surface area contributed by atoms with Gasteiger partial charge in [0.25, 0.3) is 11.9 Å². The largest absolute Gasteiger partial charge is 0.311 e. The maximum atomic E-state index is 12.6. The highest BCUT2D eigenvalue weighted by Crippen LogP contribution is 2.43. The molecule has 3 aliphatic rings. The topological polar surface area (TPSA) is 35.4 Å². The molecule has 2 bridgehead atoms. The van der Waals surface area contributed by atoms with Gasteiger partial charge in [-0.25, -0.2) is 0 Å². The van der Waals surface area contributed by atoms with E-state index in [4.69, 9.17) is 0 Å². The van der Waals surface area contributed by atoms with Crippen LogP contribution in [-0.2, 0) is 0 Å². The summed E-state index contributed by atoms with van der Waals surface area (Å²) in [6, 6.07) is 9.22. The lowest BCUT2D eigenvalue weighted by molar-refractivity contribution is -0.506. The molecule has 3 atom stereocenters. The summed E-state index contributed by atoms with van der Waals surface area (Å²) in [5, 5.41) is 3.66. The summed E-state index contributed by atoms with van der Waals surface area (Å²) < 4.78 is 1.24. The van der Waals surface area contributed by atoms with Crippen LogP contribution < -0.4 is 10.2 Å². The molecule has 3 heterocycles. The molecule has 0 amide bonds. The zero-order valence-electron chi connectivity index (χ0n) is 11.2. The van der Waals surface area contributed by atoms with Crippen molar-refractivity contribution in [3.8, 4) is 0 Å². The van der Waals surface area contributed by atoms with Gasteiger partial charge in [-0.2, -0.15) is 0 Å². The van der Waals surface area contributed by atoms with Gasteiger partial charge >= 0.3 is 0 Å². The van der Waals surface area contributed by atoms with Crippen molar-refractivity contribution < 1.29 is 4.76 Å². The lowest BCUT2D eigenvalue weighted by atomic mass is 9.89. The third-order valence-electron chi connectivity index (χ3n) is 5.07. The fourth-order valence-corrected chi connectivity index (χ4v) is 4.24. The molecule has 3 unspecified atom stereocenters. The van der Waals surface area contributed by atoms with Crippen LogP contribution in [0.3, 0.4) is 0 Å². The molecule has 100 valence electrons. The number of piperidine rings is 1. The Morgan fingerprint density at radius 3 is 2.58 bits per heavy atom. The van der Waals surface area contributed by atoms with Crippen LogP contribution in [0.1, 0.15) is 25.7 Å². The van der Waals surface area contributed by atoms with E-state index in [9.17, 15) is 4.91 Å². The highest BCUT2D eigenvalue weighted by Gasteiger charge is 2.50. The summed E-state index contributed by atoms with van der Waals surface area (Å²) in [6.45, 7) is 0.